The zero-order chi connectivity index (χ0) is 20.5. The van der Waals surface area contributed by atoms with Gasteiger partial charge in [0.1, 0.15) is 0 Å². The third-order valence-electron chi connectivity index (χ3n) is 4.92. The van der Waals surface area contributed by atoms with E-state index in [1.807, 2.05) is 72.8 Å². The number of benzene rings is 3. The van der Waals surface area contributed by atoms with Crippen LogP contribution in [0.4, 0.5) is 4.79 Å². The molecule has 0 aliphatic rings. The number of hydrogen-bond acceptors (Lipinski definition) is 2. The summed E-state index contributed by atoms with van der Waals surface area (Å²) < 4.78 is 5.75. The van der Waals surface area contributed by atoms with Gasteiger partial charge in [0.05, 0.1) is 0 Å². The number of carboxylic acid groups (broad SMARTS) is 1. The van der Waals surface area contributed by atoms with Crippen LogP contribution in [0.1, 0.15) is 38.2 Å². The molecule has 0 heterocycles. The highest BCUT2D eigenvalue weighted by Crippen LogP contribution is 2.69. The van der Waals surface area contributed by atoms with E-state index in [2.05, 4.69) is 19.1 Å². The Morgan fingerprint density at radius 1 is 0.759 bits per heavy atom. The predicted molar refractivity (Wildman–Crippen MR) is 119 cm³/mol. The maximum Gasteiger partial charge on any atom is 0.517 e. The fourth-order valence-electron chi connectivity index (χ4n) is 3.49. The molecule has 0 spiro atoms. The summed E-state index contributed by atoms with van der Waals surface area (Å²) in [6, 6.07) is 27.6. The van der Waals surface area contributed by atoms with E-state index in [0.29, 0.717) is 0 Å². The lowest BCUT2D eigenvalue weighted by Gasteiger charge is -2.38. The van der Waals surface area contributed by atoms with Crippen LogP contribution in [0.3, 0.4) is 0 Å². The Bertz CT molecular complexity index is 853. The minimum absolute atomic E-state index is 0.865. The van der Waals surface area contributed by atoms with Gasteiger partial charge < -0.3 is 9.29 Å². The van der Waals surface area contributed by atoms with Crippen molar-refractivity contribution in [2.24, 2.45) is 0 Å². The molecule has 0 saturated carbocycles. The van der Waals surface area contributed by atoms with Gasteiger partial charge in [-0.3, -0.25) is 0 Å². The predicted octanol–water partition coefficient (Wildman–Crippen LogP) is 7.70. The first kappa shape index (κ1) is 21.0. The van der Waals surface area contributed by atoms with Gasteiger partial charge in [0.15, 0.2) is 0 Å². The van der Waals surface area contributed by atoms with Crippen molar-refractivity contribution in [1.29, 1.82) is 0 Å². The van der Waals surface area contributed by atoms with Gasteiger partial charge >= 0.3 is 6.16 Å². The van der Waals surface area contributed by atoms with Crippen molar-refractivity contribution in [3.8, 4) is 0 Å². The van der Waals surface area contributed by atoms with Crippen LogP contribution >= 0.6 is 10.3 Å². The lowest BCUT2D eigenvalue weighted by molar-refractivity contribution is 0.150. The minimum atomic E-state index is -2.38. The van der Waals surface area contributed by atoms with Crippen LogP contribution in [0.5, 0.6) is 0 Å². The Kier molecular flexibility index (Phi) is 7.36. The van der Waals surface area contributed by atoms with Crippen LogP contribution in [0.15, 0.2) is 99.6 Å². The second kappa shape index (κ2) is 10.2. The molecule has 0 fully saturated rings. The lowest BCUT2D eigenvalue weighted by atomic mass is 10.1. The zero-order valence-corrected chi connectivity index (χ0v) is 17.6. The van der Waals surface area contributed by atoms with E-state index in [9.17, 15) is 9.90 Å². The molecular weight excluding hydrogens is 380 g/mol. The van der Waals surface area contributed by atoms with Gasteiger partial charge in [-0.15, -0.1) is 0 Å². The molecule has 3 aromatic rings. The van der Waals surface area contributed by atoms with Gasteiger partial charge in [-0.2, -0.15) is 0 Å². The molecule has 0 atom stereocenters. The fraction of sp³-hybridized carbons (Fsp3) is 0.240. The maximum absolute atomic E-state index is 11.8. The average molecular weight is 409 g/mol. The standard InChI is InChI=1S/C25H28O3S/c1-2-3-4-7-12-21-17-19-24(20-18-21)29(28-25(26)27,22-13-8-5-9-14-22)23-15-10-6-11-16-23/h5-6,8-11,13-20H,2-4,7,12H2,1H3,(H,26,27). The maximum atomic E-state index is 11.8. The van der Waals surface area contributed by atoms with Crippen LogP contribution in [-0.2, 0) is 10.6 Å². The summed E-state index contributed by atoms with van der Waals surface area (Å²) in [4.78, 5) is 14.4. The van der Waals surface area contributed by atoms with Crippen molar-refractivity contribution >= 4 is 16.5 Å². The molecule has 152 valence electrons. The third-order valence-corrected chi connectivity index (χ3v) is 8.12. The Balaban J connectivity index is 2.04. The van der Waals surface area contributed by atoms with E-state index < -0.39 is 16.5 Å². The fourth-order valence-corrected chi connectivity index (χ4v) is 6.41. The highest BCUT2D eigenvalue weighted by Gasteiger charge is 2.35. The van der Waals surface area contributed by atoms with E-state index in [4.69, 9.17) is 4.18 Å². The average Bonchev–Trinajstić information content (AvgIpc) is 2.77. The molecule has 3 rings (SSSR count). The molecule has 1 N–H and O–H groups in total. The topological polar surface area (TPSA) is 46.5 Å². The molecule has 0 aliphatic heterocycles. The van der Waals surface area contributed by atoms with E-state index in [0.717, 1.165) is 21.1 Å². The number of carbonyl (C=O) groups is 1. The molecule has 0 amide bonds. The first-order valence-electron chi connectivity index (χ1n) is 10.1. The first-order valence-corrected chi connectivity index (χ1v) is 11.7. The van der Waals surface area contributed by atoms with Crippen molar-refractivity contribution < 1.29 is 14.1 Å². The van der Waals surface area contributed by atoms with Crippen LogP contribution < -0.4 is 0 Å². The molecule has 0 radical (unpaired) electrons. The molecule has 0 unspecified atom stereocenters. The third kappa shape index (κ3) is 5.01. The van der Waals surface area contributed by atoms with Gasteiger partial charge in [0.25, 0.3) is 0 Å². The molecule has 0 saturated heterocycles. The molecular formula is C25H28O3S. The zero-order valence-electron chi connectivity index (χ0n) is 16.8. The lowest BCUT2D eigenvalue weighted by Crippen LogP contribution is -2.12. The molecule has 3 nitrogen and oxygen atoms in total. The molecule has 0 bridgehead atoms. The largest absolute Gasteiger partial charge is 0.517 e. The smallest absolute Gasteiger partial charge is 0.449 e. The van der Waals surface area contributed by atoms with E-state index in [1.165, 1.54) is 31.2 Å². The molecule has 3 aromatic carbocycles. The summed E-state index contributed by atoms with van der Waals surface area (Å²) in [5.74, 6) is 0. The first-order chi connectivity index (χ1) is 14.2. The van der Waals surface area contributed by atoms with Gasteiger partial charge in [0.2, 0.25) is 0 Å². The van der Waals surface area contributed by atoms with Crippen molar-refractivity contribution in [2.45, 2.75) is 53.7 Å². The van der Waals surface area contributed by atoms with E-state index >= 15 is 0 Å². The number of rotatable bonds is 9. The van der Waals surface area contributed by atoms with Crippen LogP contribution in [0, 0.1) is 0 Å². The second-order valence-electron chi connectivity index (χ2n) is 6.99. The summed E-state index contributed by atoms with van der Waals surface area (Å²) >= 11 is 0. The Morgan fingerprint density at radius 2 is 1.28 bits per heavy atom. The van der Waals surface area contributed by atoms with Crippen molar-refractivity contribution in [2.75, 3.05) is 0 Å². The summed E-state index contributed by atoms with van der Waals surface area (Å²) in [6.07, 6.45) is 4.68. The Labute approximate surface area is 174 Å². The quantitative estimate of drug-likeness (QED) is 0.369. The summed E-state index contributed by atoms with van der Waals surface area (Å²) in [7, 11) is -2.38. The molecule has 0 aromatic heterocycles. The van der Waals surface area contributed by atoms with Crippen molar-refractivity contribution in [3.05, 3.63) is 90.5 Å². The van der Waals surface area contributed by atoms with E-state index in [-0.39, 0.29) is 0 Å². The van der Waals surface area contributed by atoms with Gasteiger partial charge in [-0.25, -0.2) is 4.79 Å². The van der Waals surface area contributed by atoms with Gasteiger partial charge in [-0.1, -0.05) is 74.7 Å². The molecule has 29 heavy (non-hydrogen) atoms. The monoisotopic (exact) mass is 408 g/mol. The summed E-state index contributed by atoms with van der Waals surface area (Å²) in [5, 5.41) is 9.65. The normalized spacial score (nSPS) is 11.8. The van der Waals surface area contributed by atoms with Crippen LogP contribution in [-0.4, -0.2) is 11.3 Å². The Hall–Kier alpha value is -2.72. The van der Waals surface area contributed by atoms with Crippen LogP contribution in [0.2, 0.25) is 0 Å². The van der Waals surface area contributed by atoms with Gasteiger partial charge in [0, 0.05) is 14.7 Å². The van der Waals surface area contributed by atoms with Crippen molar-refractivity contribution in [1.82, 2.24) is 0 Å². The number of hydrogen-bond donors (Lipinski definition) is 1. The molecule has 4 heteroatoms. The highest BCUT2D eigenvalue weighted by molar-refractivity contribution is 8.30. The summed E-state index contributed by atoms with van der Waals surface area (Å²) in [6.45, 7) is 2.22. The number of aryl methyl sites for hydroxylation is 1. The Morgan fingerprint density at radius 3 is 1.76 bits per heavy atom. The van der Waals surface area contributed by atoms with Gasteiger partial charge in [-0.05, 0) is 65.1 Å². The SMILES string of the molecule is CCCCCCc1ccc(S(OC(=O)O)(c2ccccc2)c2ccccc2)cc1. The van der Waals surface area contributed by atoms with E-state index in [1.54, 1.807) is 0 Å². The second-order valence-corrected chi connectivity index (χ2v) is 9.68. The minimum Gasteiger partial charge on any atom is -0.449 e. The molecule has 0 aliphatic carbocycles. The summed E-state index contributed by atoms with van der Waals surface area (Å²) in [5.41, 5.74) is 1.27. The number of unbranched alkanes of at least 4 members (excludes halogenated alkanes) is 3. The van der Waals surface area contributed by atoms with Crippen LogP contribution in [0.25, 0.3) is 0 Å². The highest BCUT2D eigenvalue weighted by atomic mass is 32.3. The van der Waals surface area contributed by atoms with Crippen molar-refractivity contribution in [3.63, 3.8) is 0 Å².